The fourth-order valence-corrected chi connectivity index (χ4v) is 11.0. The van der Waals surface area contributed by atoms with Gasteiger partial charge in [-0.05, 0) is 35.0 Å². The van der Waals surface area contributed by atoms with Crippen LogP contribution in [0.15, 0.2) is 42.5 Å². The number of carbonyl (C=O) groups is 1. The van der Waals surface area contributed by atoms with Crippen LogP contribution in [0.1, 0.15) is 59.9 Å². The topological polar surface area (TPSA) is 42.0 Å². The molecule has 1 aromatic carbocycles. The number of benzene rings is 1. The lowest BCUT2D eigenvalue weighted by Gasteiger charge is -2.43. The second-order valence-electron chi connectivity index (χ2n) is 9.88. The van der Waals surface area contributed by atoms with Gasteiger partial charge in [0.1, 0.15) is 0 Å². The van der Waals surface area contributed by atoms with Crippen LogP contribution in [0.5, 0.6) is 0 Å². The molecule has 0 N–H and O–H groups in total. The first kappa shape index (κ1) is 26.8. The van der Waals surface area contributed by atoms with Gasteiger partial charge in [0.2, 0.25) is 0 Å². The lowest BCUT2D eigenvalue weighted by atomic mass is 9.98. The van der Waals surface area contributed by atoms with Gasteiger partial charge in [-0.3, -0.25) is 14.5 Å². The van der Waals surface area contributed by atoms with Gasteiger partial charge in [0.25, 0.3) is 5.91 Å². The zero-order valence-corrected chi connectivity index (χ0v) is 22.4. The second-order valence-corrected chi connectivity index (χ2v) is 15.3. The van der Waals surface area contributed by atoms with Crippen LogP contribution in [-0.4, -0.2) is 57.0 Å². The molecule has 0 saturated carbocycles. The summed E-state index contributed by atoms with van der Waals surface area (Å²) in [6.45, 7) is 15.4. The lowest BCUT2D eigenvalue weighted by Crippen LogP contribution is -2.53. The van der Waals surface area contributed by atoms with E-state index >= 15 is 0 Å². The molecule has 0 unspecified atom stereocenters. The third-order valence-corrected chi connectivity index (χ3v) is 13.2. The molecular weight excluding hydrogens is 416 g/mol. The van der Waals surface area contributed by atoms with Crippen LogP contribution in [-0.2, 0) is 20.6 Å². The molecule has 1 aromatic rings. The minimum atomic E-state index is -1.91. The Morgan fingerprint density at radius 2 is 1.69 bits per heavy atom. The van der Waals surface area contributed by atoms with Gasteiger partial charge in [-0.2, -0.15) is 0 Å². The Bertz CT molecular complexity index is 714. The van der Waals surface area contributed by atoms with E-state index in [2.05, 4.69) is 82.9 Å². The highest BCUT2D eigenvalue weighted by molar-refractivity contribution is 6.77. The molecule has 2 rings (SSSR count). The first-order valence-corrected chi connectivity index (χ1v) is 14.2. The van der Waals surface area contributed by atoms with E-state index < -0.39 is 8.32 Å². The van der Waals surface area contributed by atoms with E-state index in [1.54, 1.807) is 7.05 Å². The summed E-state index contributed by atoms with van der Waals surface area (Å²) in [4.78, 5) is 20.6. The summed E-state index contributed by atoms with van der Waals surface area (Å²) >= 11 is 0. The maximum absolute atomic E-state index is 13.1. The molecule has 0 bridgehead atoms. The Labute approximate surface area is 196 Å². The van der Waals surface area contributed by atoms with Crippen LogP contribution in [0.2, 0.25) is 16.6 Å². The van der Waals surface area contributed by atoms with Crippen LogP contribution in [0.3, 0.4) is 0 Å². The van der Waals surface area contributed by atoms with Crippen molar-refractivity contribution in [1.82, 2.24) is 9.96 Å². The van der Waals surface area contributed by atoms with E-state index in [1.165, 1.54) is 17.7 Å². The number of likely N-dealkylation sites (N-methyl/N-ethyl adjacent to an activating group) is 1. The molecule has 1 aliphatic heterocycles. The third-order valence-electron chi connectivity index (χ3n) is 7.09. The monoisotopic (exact) mass is 460 g/mol. The summed E-state index contributed by atoms with van der Waals surface area (Å²) in [6.07, 6.45) is 5.98. The fraction of sp³-hybridized carbons (Fsp3) is 0.654. The molecule has 0 fully saturated rings. The molecular formula is C26H44N2O3Si. The van der Waals surface area contributed by atoms with Crippen molar-refractivity contribution in [3.8, 4) is 0 Å². The predicted molar refractivity (Wildman–Crippen MR) is 135 cm³/mol. The van der Waals surface area contributed by atoms with Crippen molar-refractivity contribution in [3.63, 3.8) is 0 Å². The van der Waals surface area contributed by atoms with E-state index in [0.29, 0.717) is 23.0 Å². The molecule has 0 saturated heterocycles. The van der Waals surface area contributed by atoms with Crippen molar-refractivity contribution < 1.29 is 14.1 Å². The minimum Gasteiger partial charge on any atom is -0.416 e. The van der Waals surface area contributed by atoms with Crippen LogP contribution in [0.25, 0.3) is 0 Å². The molecule has 0 spiro atoms. The Balaban J connectivity index is 2.22. The smallest absolute Gasteiger partial charge is 0.263 e. The minimum absolute atomic E-state index is 0.00559. The average molecular weight is 461 g/mol. The number of hydroxylamine groups is 2. The van der Waals surface area contributed by atoms with Gasteiger partial charge < -0.3 is 4.43 Å². The largest absolute Gasteiger partial charge is 0.416 e. The van der Waals surface area contributed by atoms with E-state index in [-0.39, 0.29) is 18.0 Å². The normalized spacial score (nSPS) is 19.8. The highest BCUT2D eigenvalue weighted by Gasteiger charge is 2.45. The van der Waals surface area contributed by atoms with Crippen LogP contribution >= 0.6 is 0 Å². The molecule has 180 valence electrons. The average Bonchev–Trinajstić information content (AvgIpc) is 2.76. The standard InChI is InChI=1S/C26H44N2O3Si/c1-20(2)32(21(3)4,22(5)6)31-18-17-24-15-12-16-25(26(29)27(7)30-8)28(24)19-23-13-10-9-11-14-23/h9-15,20-22,24-25H,16-19H2,1-8H3/t24-,25+/m1/s1. The van der Waals surface area contributed by atoms with Crippen LogP contribution in [0, 0.1) is 0 Å². The molecule has 2 atom stereocenters. The van der Waals surface area contributed by atoms with Gasteiger partial charge in [0, 0.05) is 26.2 Å². The van der Waals surface area contributed by atoms with Crippen molar-refractivity contribution >= 4 is 14.2 Å². The number of hydrogen-bond donors (Lipinski definition) is 0. The lowest BCUT2D eigenvalue weighted by molar-refractivity contribution is -0.175. The van der Waals surface area contributed by atoms with Crippen molar-refractivity contribution in [3.05, 3.63) is 48.0 Å². The van der Waals surface area contributed by atoms with Crippen molar-refractivity contribution in [2.75, 3.05) is 20.8 Å². The molecule has 5 nitrogen and oxygen atoms in total. The van der Waals surface area contributed by atoms with Crippen LogP contribution < -0.4 is 0 Å². The summed E-state index contributed by atoms with van der Waals surface area (Å²) in [5, 5.41) is 1.35. The summed E-state index contributed by atoms with van der Waals surface area (Å²) in [5.41, 5.74) is 2.90. The maximum atomic E-state index is 13.1. The summed E-state index contributed by atoms with van der Waals surface area (Å²) < 4.78 is 6.84. The maximum Gasteiger partial charge on any atom is 0.263 e. The first-order valence-electron chi connectivity index (χ1n) is 12.1. The van der Waals surface area contributed by atoms with E-state index in [9.17, 15) is 4.79 Å². The quantitative estimate of drug-likeness (QED) is 0.238. The molecule has 0 aliphatic carbocycles. The van der Waals surface area contributed by atoms with E-state index in [1.807, 2.05) is 6.07 Å². The second kappa shape index (κ2) is 12.1. The molecule has 1 amide bonds. The fourth-order valence-electron chi connectivity index (χ4n) is 5.52. The Kier molecular flexibility index (Phi) is 10.1. The Hall–Kier alpha value is -1.47. The molecule has 6 heteroatoms. The molecule has 0 aromatic heterocycles. The number of hydrogen-bond acceptors (Lipinski definition) is 4. The number of rotatable bonds is 11. The Morgan fingerprint density at radius 3 is 2.22 bits per heavy atom. The Morgan fingerprint density at radius 1 is 1.09 bits per heavy atom. The highest BCUT2D eigenvalue weighted by atomic mass is 28.4. The van der Waals surface area contributed by atoms with Gasteiger partial charge in [-0.25, -0.2) is 5.06 Å². The number of carbonyl (C=O) groups excluding carboxylic acids is 1. The van der Waals surface area contributed by atoms with Crippen molar-refractivity contribution in [2.24, 2.45) is 0 Å². The SMILES string of the molecule is CON(C)C(=O)[C@@H]1CC=C[C@H](CCO[Si](C(C)C)(C(C)C)C(C)C)N1Cc1ccccc1. The number of amides is 1. The molecule has 1 heterocycles. The summed E-state index contributed by atoms with van der Waals surface area (Å²) in [6, 6.07) is 10.3. The van der Waals surface area contributed by atoms with Gasteiger partial charge >= 0.3 is 0 Å². The molecule has 1 aliphatic rings. The highest BCUT2D eigenvalue weighted by Crippen LogP contribution is 2.42. The van der Waals surface area contributed by atoms with Crippen molar-refractivity contribution in [2.45, 2.75) is 89.6 Å². The predicted octanol–water partition coefficient (Wildman–Crippen LogP) is 5.79. The third kappa shape index (κ3) is 6.10. The van der Waals surface area contributed by atoms with Gasteiger partial charge in [0.05, 0.1) is 13.2 Å². The molecule has 0 radical (unpaired) electrons. The zero-order valence-electron chi connectivity index (χ0n) is 21.4. The first-order chi connectivity index (χ1) is 15.1. The number of nitrogens with zero attached hydrogens (tertiary/aromatic N) is 2. The summed E-state index contributed by atoms with van der Waals surface area (Å²) in [5.74, 6) is -0.00559. The van der Waals surface area contributed by atoms with Crippen LogP contribution in [0.4, 0.5) is 0 Å². The van der Waals surface area contributed by atoms with E-state index in [0.717, 1.165) is 19.6 Å². The summed E-state index contributed by atoms with van der Waals surface area (Å²) in [7, 11) is 1.32. The zero-order chi connectivity index (χ0) is 23.9. The van der Waals surface area contributed by atoms with Crippen molar-refractivity contribution in [1.29, 1.82) is 0 Å². The van der Waals surface area contributed by atoms with Gasteiger partial charge in [0.15, 0.2) is 8.32 Å². The van der Waals surface area contributed by atoms with Gasteiger partial charge in [-0.1, -0.05) is 84.0 Å². The molecule has 32 heavy (non-hydrogen) atoms. The van der Waals surface area contributed by atoms with E-state index in [4.69, 9.17) is 9.26 Å². The van der Waals surface area contributed by atoms with Gasteiger partial charge in [-0.15, -0.1) is 0 Å².